The van der Waals surface area contributed by atoms with Gasteiger partial charge in [0.2, 0.25) is 5.91 Å². The molecule has 3 rings (SSSR count). The summed E-state index contributed by atoms with van der Waals surface area (Å²) < 4.78 is 1.37. The van der Waals surface area contributed by atoms with Gasteiger partial charge in [-0.3, -0.25) is 4.79 Å². The predicted molar refractivity (Wildman–Crippen MR) is 93.2 cm³/mol. The topological polar surface area (TPSA) is 105 Å². The maximum atomic E-state index is 12.0. The standard InChI is InChI=1S/C17H18N6O2/c1-12(24)15-10-23(22-21-15)11-17(25)20-14-7-8-16(18-9-14)19-13-5-3-2-4-6-13/h2-10,12,24H,11H2,1H3,(H,18,19)(H,20,25)/t12-/m1/s1. The van der Waals surface area contributed by atoms with E-state index in [2.05, 4.69) is 25.9 Å². The van der Waals surface area contributed by atoms with Gasteiger partial charge < -0.3 is 15.7 Å². The Morgan fingerprint density at radius 2 is 2.00 bits per heavy atom. The molecule has 0 aliphatic rings. The molecule has 1 aromatic carbocycles. The van der Waals surface area contributed by atoms with Gasteiger partial charge in [0.15, 0.2) is 0 Å². The molecule has 3 N–H and O–H groups in total. The van der Waals surface area contributed by atoms with E-state index in [4.69, 9.17) is 0 Å². The van der Waals surface area contributed by atoms with E-state index < -0.39 is 6.10 Å². The van der Waals surface area contributed by atoms with Crippen LogP contribution in [-0.4, -0.2) is 31.0 Å². The van der Waals surface area contributed by atoms with Crippen LogP contribution in [0.5, 0.6) is 0 Å². The number of carbonyl (C=O) groups excluding carboxylic acids is 1. The fourth-order valence-electron chi connectivity index (χ4n) is 2.14. The van der Waals surface area contributed by atoms with Gasteiger partial charge in [0.05, 0.1) is 24.2 Å². The van der Waals surface area contributed by atoms with Crippen molar-refractivity contribution in [3.8, 4) is 0 Å². The number of carbonyl (C=O) groups is 1. The highest BCUT2D eigenvalue weighted by Gasteiger charge is 2.09. The van der Waals surface area contributed by atoms with Crippen molar-refractivity contribution >= 4 is 23.1 Å². The third-order valence-electron chi connectivity index (χ3n) is 3.38. The normalized spacial score (nSPS) is 11.8. The van der Waals surface area contributed by atoms with Crippen molar-refractivity contribution in [2.75, 3.05) is 10.6 Å². The van der Waals surface area contributed by atoms with Gasteiger partial charge in [-0.05, 0) is 31.2 Å². The molecular weight excluding hydrogens is 320 g/mol. The molecule has 0 radical (unpaired) electrons. The number of rotatable bonds is 6. The van der Waals surface area contributed by atoms with E-state index in [9.17, 15) is 9.90 Å². The molecule has 1 atom stereocenters. The lowest BCUT2D eigenvalue weighted by Crippen LogP contribution is -2.19. The lowest BCUT2D eigenvalue weighted by molar-refractivity contribution is -0.116. The van der Waals surface area contributed by atoms with Crippen molar-refractivity contribution in [1.29, 1.82) is 0 Å². The number of amides is 1. The molecule has 0 aliphatic heterocycles. The number of hydrogen-bond donors (Lipinski definition) is 3. The summed E-state index contributed by atoms with van der Waals surface area (Å²) in [5.41, 5.74) is 1.94. The Balaban J connectivity index is 1.56. The van der Waals surface area contributed by atoms with E-state index in [1.807, 2.05) is 30.3 Å². The van der Waals surface area contributed by atoms with Crippen molar-refractivity contribution in [3.63, 3.8) is 0 Å². The first-order valence-corrected chi connectivity index (χ1v) is 7.76. The van der Waals surface area contributed by atoms with E-state index in [0.717, 1.165) is 5.69 Å². The van der Waals surface area contributed by atoms with Crippen LogP contribution < -0.4 is 10.6 Å². The number of nitrogens with zero attached hydrogens (tertiary/aromatic N) is 4. The fraction of sp³-hybridized carbons (Fsp3) is 0.176. The number of anilines is 3. The Morgan fingerprint density at radius 3 is 2.64 bits per heavy atom. The lowest BCUT2D eigenvalue weighted by atomic mass is 10.3. The predicted octanol–water partition coefficient (Wildman–Crippen LogP) is 2.11. The van der Waals surface area contributed by atoms with E-state index in [1.165, 1.54) is 10.9 Å². The third-order valence-corrected chi connectivity index (χ3v) is 3.38. The molecule has 0 spiro atoms. The highest BCUT2D eigenvalue weighted by atomic mass is 16.3. The van der Waals surface area contributed by atoms with Gasteiger partial charge in [-0.2, -0.15) is 0 Å². The van der Waals surface area contributed by atoms with Crippen molar-refractivity contribution in [1.82, 2.24) is 20.0 Å². The summed E-state index contributed by atoms with van der Waals surface area (Å²) in [7, 11) is 0. The number of para-hydroxylation sites is 1. The van der Waals surface area contributed by atoms with Crippen LogP contribution in [0.15, 0.2) is 54.9 Å². The number of nitrogens with one attached hydrogen (secondary N) is 2. The second-order valence-corrected chi connectivity index (χ2v) is 5.49. The molecule has 3 aromatic rings. The van der Waals surface area contributed by atoms with Gasteiger partial charge in [0.1, 0.15) is 18.1 Å². The molecule has 8 nitrogen and oxygen atoms in total. The Hall–Kier alpha value is -3.26. The molecular formula is C17H18N6O2. The maximum Gasteiger partial charge on any atom is 0.246 e. The van der Waals surface area contributed by atoms with Crippen LogP contribution >= 0.6 is 0 Å². The smallest absolute Gasteiger partial charge is 0.246 e. The molecule has 1 amide bonds. The van der Waals surface area contributed by atoms with Gasteiger partial charge in [-0.15, -0.1) is 5.10 Å². The number of aromatic nitrogens is 4. The highest BCUT2D eigenvalue weighted by molar-refractivity contribution is 5.90. The van der Waals surface area contributed by atoms with Crippen molar-refractivity contribution in [2.45, 2.75) is 19.6 Å². The van der Waals surface area contributed by atoms with Gasteiger partial charge in [-0.25, -0.2) is 9.67 Å². The lowest BCUT2D eigenvalue weighted by Gasteiger charge is -2.07. The number of hydrogen-bond acceptors (Lipinski definition) is 6. The number of aliphatic hydroxyl groups excluding tert-OH is 1. The van der Waals surface area contributed by atoms with E-state index in [1.54, 1.807) is 25.3 Å². The monoisotopic (exact) mass is 338 g/mol. The van der Waals surface area contributed by atoms with Gasteiger partial charge >= 0.3 is 0 Å². The highest BCUT2D eigenvalue weighted by Crippen LogP contribution is 2.15. The average molecular weight is 338 g/mol. The molecule has 0 fully saturated rings. The molecule has 2 aromatic heterocycles. The SMILES string of the molecule is C[C@@H](O)c1cn(CC(=O)Nc2ccc(Nc3ccccc3)nc2)nn1. The van der Waals surface area contributed by atoms with Crippen LogP contribution in [0.3, 0.4) is 0 Å². The zero-order chi connectivity index (χ0) is 17.6. The number of aliphatic hydroxyl groups is 1. The van der Waals surface area contributed by atoms with Crippen molar-refractivity contribution in [2.24, 2.45) is 0 Å². The maximum absolute atomic E-state index is 12.0. The van der Waals surface area contributed by atoms with Gasteiger partial charge in [0.25, 0.3) is 0 Å². The van der Waals surface area contributed by atoms with Crippen LogP contribution in [0.25, 0.3) is 0 Å². The first-order chi connectivity index (χ1) is 12.1. The number of benzene rings is 1. The van der Waals surface area contributed by atoms with Crippen LogP contribution in [0.4, 0.5) is 17.2 Å². The molecule has 0 saturated carbocycles. The molecule has 128 valence electrons. The van der Waals surface area contributed by atoms with Crippen LogP contribution in [0.2, 0.25) is 0 Å². The summed E-state index contributed by atoms with van der Waals surface area (Å²) in [4.78, 5) is 16.3. The minimum absolute atomic E-state index is 0.00371. The van der Waals surface area contributed by atoms with E-state index in [-0.39, 0.29) is 12.5 Å². The van der Waals surface area contributed by atoms with Gasteiger partial charge in [0, 0.05) is 5.69 Å². The minimum Gasteiger partial charge on any atom is -0.387 e. The first kappa shape index (κ1) is 16.6. The Labute approximate surface area is 144 Å². The van der Waals surface area contributed by atoms with Crippen LogP contribution in [0.1, 0.15) is 18.7 Å². The minimum atomic E-state index is -0.717. The molecule has 0 aliphatic carbocycles. The average Bonchev–Trinajstić information content (AvgIpc) is 3.06. The zero-order valence-corrected chi connectivity index (χ0v) is 13.6. The quantitative estimate of drug-likeness (QED) is 0.636. The summed E-state index contributed by atoms with van der Waals surface area (Å²) in [6, 6.07) is 13.2. The molecule has 0 unspecified atom stereocenters. The molecule has 0 saturated heterocycles. The molecule has 0 bridgehead atoms. The van der Waals surface area contributed by atoms with Gasteiger partial charge in [-0.1, -0.05) is 23.4 Å². The molecule has 8 heteroatoms. The van der Waals surface area contributed by atoms with E-state index in [0.29, 0.717) is 17.2 Å². The van der Waals surface area contributed by atoms with E-state index >= 15 is 0 Å². The molecule has 2 heterocycles. The summed E-state index contributed by atoms with van der Waals surface area (Å²) in [5.74, 6) is 0.426. The summed E-state index contributed by atoms with van der Waals surface area (Å²) >= 11 is 0. The summed E-state index contributed by atoms with van der Waals surface area (Å²) in [6.07, 6.45) is 2.40. The summed E-state index contributed by atoms with van der Waals surface area (Å²) in [5, 5.41) is 22.9. The first-order valence-electron chi connectivity index (χ1n) is 7.76. The van der Waals surface area contributed by atoms with Crippen LogP contribution in [-0.2, 0) is 11.3 Å². The zero-order valence-electron chi connectivity index (χ0n) is 13.6. The third kappa shape index (κ3) is 4.61. The second-order valence-electron chi connectivity index (χ2n) is 5.49. The Kier molecular flexibility index (Phi) is 5.00. The Bertz CT molecular complexity index is 830. The summed E-state index contributed by atoms with van der Waals surface area (Å²) in [6.45, 7) is 1.59. The largest absolute Gasteiger partial charge is 0.387 e. The van der Waals surface area contributed by atoms with Crippen molar-refractivity contribution in [3.05, 3.63) is 60.6 Å². The fourth-order valence-corrected chi connectivity index (χ4v) is 2.14. The molecule has 25 heavy (non-hydrogen) atoms. The number of pyridine rings is 1. The second kappa shape index (κ2) is 7.54. The Morgan fingerprint density at radius 1 is 1.20 bits per heavy atom. The van der Waals surface area contributed by atoms with Crippen molar-refractivity contribution < 1.29 is 9.90 Å². The van der Waals surface area contributed by atoms with Crippen LogP contribution in [0, 0.1) is 0 Å².